The van der Waals surface area contributed by atoms with Crippen LogP contribution in [0.1, 0.15) is 23.6 Å². The molecule has 10 nitrogen and oxygen atoms in total. The average molecular weight is 522 g/mol. The molecule has 0 bridgehead atoms. The monoisotopic (exact) mass is 521 g/mol. The number of nitrogens with one attached hydrogen (secondary N) is 3. The van der Waals surface area contributed by atoms with Crippen LogP contribution in [0.25, 0.3) is 0 Å². The van der Waals surface area contributed by atoms with Crippen LogP contribution in [0, 0.1) is 0 Å². The zero-order valence-electron chi connectivity index (χ0n) is 19.2. The largest absolute Gasteiger partial charge is 0.421 e. The van der Waals surface area contributed by atoms with Crippen LogP contribution in [-0.2, 0) is 34.0 Å². The molecule has 36 heavy (non-hydrogen) atoms. The summed E-state index contributed by atoms with van der Waals surface area (Å²) in [5, 5.41) is 8.22. The molecule has 3 N–H and O–H groups in total. The molecule has 0 unspecified atom stereocenters. The highest BCUT2D eigenvalue weighted by Crippen LogP contribution is 2.36. The maximum atomic E-state index is 13.7. The standard InChI is InChI=1S/C22H22F3N7O3S/c1-3-36(34,35)32(2)20-13(6-5-9-26-20)11-27-19-15(22(23,24)25)12-28-21(31-19)30-17-8-4-7-16-14(17)10-18(33)29-16/h4-9,12H,3,10-11H2,1-2H3,(H,29,33)(H2,27,28,30,31). The number of alkyl halides is 3. The second-order valence-electron chi connectivity index (χ2n) is 7.84. The molecular weight excluding hydrogens is 499 g/mol. The van der Waals surface area contributed by atoms with E-state index in [2.05, 4.69) is 30.9 Å². The van der Waals surface area contributed by atoms with Crippen LogP contribution >= 0.6 is 0 Å². The molecule has 1 aliphatic rings. The van der Waals surface area contributed by atoms with Crippen LogP contribution in [0.3, 0.4) is 0 Å². The Kier molecular flexibility index (Phi) is 6.71. The summed E-state index contributed by atoms with van der Waals surface area (Å²) in [7, 11) is -2.31. The van der Waals surface area contributed by atoms with Gasteiger partial charge in [-0.25, -0.2) is 18.4 Å². The van der Waals surface area contributed by atoms with Gasteiger partial charge in [-0.05, 0) is 25.1 Å². The normalized spacial score (nSPS) is 13.2. The maximum Gasteiger partial charge on any atom is 0.421 e. The third kappa shape index (κ3) is 5.17. The number of sulfonamides is 1. The molecule has 2 aromatic heterocycles. The van der Waals surface area contributed by atoms with Crippen molar-refractivity contribution in [3.63, 3.8) is 0 Å². The fourth-order valence-electron chi connectivity index (χ4n) is 3.63. The van der Waals surface area contributed by atoms with Crippen molar-refractivity contribution in [2.24, 2.45) is 0 Å². The zero-order valence-corrected chi connectivity index (χ0v) is 20.0. The highest BCUT2D eigenvalue weighted by atomic mass is 32.2. The molecule has 1 aromatic carbocycles. The first-order valence-electron chi connectivity index (χ1n) is 10.8. The van der Waals surface area contributed by atoms with Gasteiger partial charge in [0, 0.05) is 48.5 Å². The van der Waals surface area contributed by atoms with Gasteiger partial charge in [0.1, 0.15) is 17.2 Å². The number of amides is 1. The Morgan fingerprint density at radius 1 is 1.17 bits per heavy atom. The topological polar surface area (TPSA) is 129 Å². The summed E-state index contributed by atoms with van der Waals surface area (Å²) in [5.74, 6) is -0.897. The van der Waals surface area contributed by atoms with Crippen molar-refractivity contribution in [1.29, 1.82) is 0 Å². The summed E-state index contributed by atoms with van der Waals surface area (Å²) < 4.78 is 66.6. The molecule has 0 saturated heterocycles. The van der Waals surface area contributed by atoms with Crippen LogP contribution in [0.15, 0.2) is 42.7 Å². The van der Waals surface area contributed by atoms with Gasteiger partial charge in [0.25, 0.3) is 0 Å². The number of rotatable bonds is 8. The van der Waals surface area contributed by atoms with Crippen molar-refractivity contribution >= 4 is 44.9 Å². The Bertz CT molecular complexity index is 1410. The van der Waals surface area contributed by atoms with Crippen molar-refractivity contribution < 1.29 is 26.4 Å². The van der Waals surface area contributed by atoms with E-state index in [1.54, 1.807) is 30.3 Å². The Balaban J connectivity index is 1.64. The third-order valence-corrected chi connectivity index (χ3v) is 7.26. The summed E-state index contributed by atoms with van der Waals surface area (Å²) in [6.07, 6.45) is -2.58. The highest BCUT2D eigenvalue weighted by molar-refractivity contribution is 7.92. The number of carbonyl (C=O) groups excluding carboxylic acids is 1. The van der Waals surface area contributed by atoms with Crippen LogP contribution < -0.4 is 20.3 Å². The van der Waals surface area contributed by atoms with Gasteiger partial charge >= 0.3 is 6.18 Å². The van der Waals surface area contributed by atoms with E-state index < -0.39 is 27.6 Å². The van der Waals surface area contributed by atoms with E-state index in [-0.39, 0.29) is 36.4 Å². The lowest BCUT2D eigenvalue weighted by Crippen LogP contribution is -2.30. The molecule has 0 atom stereocenters. The quantitative estimate of drug-likeness (QED) is 0.411. The number of hydrogen-bond acceptors (Lipinski definition) is 8. The molecule has 4 rings (SSSR count). The van der Waals surface area contributed by atoms with Gasteiger partial charge in [-0.1, -0.05) is 12.1 Å². The van der Waals surface area contributed by atoms with E-state index in [0.717, 1.165) is 4.31 Å². The van der Waals surface area contributed by atoms with Crippen LogP contribution in [-0.4, -0.2) is 42.1 Å². The SMILES string of the molecule is CCS(=O)(=O)N(C)c1ncccc1CNc1nc(Nc2cccc3c2CC(=O)N3)ncc1C(F)(F)F. The smallest absolute Gasteiger partial charge is 0.365 e. The number of carbonyl (C=O) groups is 1. The molecular formula is C22H22F3N7O3S. The fourth-order valence-corrected chi connectivity index (χ4v) is 4.44. The van der Waals surface area contributed by atoms with E-state index in [1.165, 1.54) is 20.2 Å². The zero-order chi connectivity index (χ0) is 26.1. The Labute approximate surface area is 205 Å². The van der Waals surface area contributed by atoms with Crippen LogP contribution in [0.5, 0.6) is 0 Å². The number of hydrogen-bond donors (Lipinski definition) is 3. The molecule has 3 heterocycles. The molecule has 0 spiro atoms. The minimum atomic E-state index is -4.74. The van der Waals surface area contributed by atoms with Crippen molar-refractivity contribution in [2.75, 3.05) is 33.1 Å². The first-order valence-corrected chi connectivity index (χ1v) is 12.4. The second-order valence-corrected chi connectivity index (χ2v) is 10.1. The Hall–Kier alpha value is -3.94. The number of anilines is 5. The molecule has 0 saturated carbocycles. The molecule has 1 aliphatic heterocycles. The molecule has 190 valence electrons. The molecule has 0 radical (unpaired) electrons. The van der Waals surface area contributed by atoms with Crippen LogP contribution in [0.2, 0.25) is 0 Å². The third-order valence-electron chi connectivity index (χ3n) is 5.52. The first kappa shape index (κ1) is 25.2. The van der Waals surface area contributed by atoms with Crippen molar-refractivity contribution in [3.8, 4) is 0 Å². The predicted molar refractivity (Wildman–Crippen MR) is 129 cm³/mol. The van der Waals surface area contributed by atoms with E-state index in [9.17, 15) is 26.4 Å². The van der Waals surface area contributed by atoms with E-state index in [0.29, 0.717) is 28.7 Å². The number of pyridine rings is 1. The first-order chi connectivity index (χ1) is 17.0. The number of nitrogens with zero attached hydrogens (tertiary/aromatic N) is 4. The molecule has 1 amide bonds. The van der Waals surface area contributed by atoms with Gasteiger partial charge in [0.15, 0.2) is 0 Å². The summed E-state index contributed by atoms with van der Waals surface area (Å²) in [6.45, 7) is 1.29. The van der Waals surface area contributed by atoms with Crippen molar-refractivity contribution in [3.05, 3.63) is 59.4 Å². The van der Waals surface area contributed by atoms with Crippen molar-refractivity contribution in [1.82, 2.24) is 15.0 Å². The maximum absolute atomic E-state index is 13.7. The molecule has 3 aromatic rings. The van der Waals surface area contributed by atoms with E-state index in [4.69, 9.17) is 0 Å². The Morgan fingerprint density at radius 3 is 2.67 bits per heavy atom. The summed E-state index contributed by atoms with van der Waals surface area (Å²) in [6, 6.07) is 8.17. The van der Waals surface area contributed by atoms with Gasteiger partial charge in [-0.15, -0.1) is 0 Å². The van der Waals surface area contributed by atoms with Gasteiger partial charge < -0.3 is 16.0 Å². The van der Waals surface area contributed by atoms with Crippen LogP contribution in [0.4, 0.5) is 42.1 Å². The second kappa shape index (κ2) is 9.60. The molecule has 14 heteroatoms. The number of halogens is 3. The van der Waals surface area contributed by atoms with Crippen molar-refractivity contribution in [2.45, 2.75) is 26.1 Å². The van der Waals surface area contributed by atoms with Gasteiger partial charge in [0.2, 0.25) is 21.9 Å². The van der Waals surface area contributed by atoms with E-state index in [1.807, 2.05) is 0 Å². The highest BCUT2D eigenvalue weighted by Gasteiger charge is 2.35. The molecule has 0 aliphatic carbocycles. The predicted octanol–water partition coefficient (Wildman–Crippen LogP) is 3.53. The minimum Gasteiger partial charge on any atom is -0.365 e. The van der Waals surface area contributed by atoms with Gasteiger partial charge in [-0.3, -0.25) is 9.10 Å². The molecule has 0 fully saturated rings. The van der Waals surface area contributed by atoms with Gasteiger partial charge in [-0.2, -0.15) is 18.2 Å². The summed E-state index contributed by atoms with van der Waals surface area (Å²) in [4.78, 5) is 23.7. The van der Waals surface area contributed by atoms with E-state index >= 15 is 0 Å². The summed E-state index contributed by atoms with van der Waals surface area (Å²) >= 11 is 0. The average Bonchev–Trinajstić information content (AvgIpc) is 3.23. The number of fused-ring (bicyclic) bond motifs is 1. The fraction of sp³-hybridized carbons (Fsp3) is 0.273. The minimum absolute atomic E-state index is 0.0878. The lowest BCUT2D eigenvalue weighted by Gasteiger charge is -2.21. The lowest BCUT2D eigenvalue weighted by atomic mass is 10.1. The Morgan fingerprint density at radius 2 is 1.94 bits per heavy atom. The number of benzene rings is 1. The summed E-state index contributed by atoms with van der Waals surface area (Å²) in [5.41, 5.74) is 0.996. The lowest BCUT2D eigenvalue weighted by molar-refractivity contribution is -0.137. The van der Waals surface area contributed by atoms with Gasteiger partial charge in [0.05, 0.1) is 12.2 Å². The number of aromatic nitrogens is 3.